The molecule has 3 aromatic heterocycles. The first-order valence-electron chi connectivity index (χ1n) is 13.3. The summed E-state index contributed by atoms with van der Waals surface area (Å²) in [6.45, 7) is 4.87. The number of fused-ring (bicyclic) bond motifs is 2. The second-order valence-electron chi connectivity index (χ2n) is 11.0. The number of piperidine rings is 1. The molecule has 41 heavy (non-hydrogen) atoms. The topological polar surface area (TPSA) is 143 Å². The van der Waals surface area contributed by atoms with Gasteiger partial charge in [0.15, 0.2) is 0 Å². The first kappa shape index (κ1) is 27.2. The molecule has 1 saturated carbocycles. The molecule has 0 spiro atoms. The summed E-state index contributed by atoms with van der Waals surface area (Å²) in [4.78, 5) is 54.4. The third-order valence-electron chi connectivity index (χ3n) is 8.09. The van der Waals surface area contributed by atoms with E-state index in [2.05, 4.69) is 48.2 Å². The van der Waals surface area contributed by atoms with E-state index in [1.807, 2.05) is 19.1 Å². The fourth-order valence-electron chi connectivity index (χ4n) is 5.70. The van der Waals surface area contributed by atoms with Gasteiger partial charge in [0.05, 0.1) is 5.52 Å². The lowest BCUT2D eigenvalue weighted by atomic mass is 10.0. The highest BCUT2D eigenvalue weighted by Gasteiger charge is 2.64. The molecule has 1 aromatic carbocycles. The minimum absolute atomic E-state index is 0.0455. The number of pyridine rings is 1. The van der Waals surface area contributed by atoms with Gasteiger partial charge in [0.1, 0.15) is 41.1 Å². The summed E-state index contributed by atoms with van der Waals surface area (Å²) >= 11 is 3.34. The summed E-state index contributed by atoms with van der Waals surface area (Å²) in [5.41, 5.74) is 2.88. The Morgan fingerprint density at radius 3 is 2.59 bits per heavy atom. The molecular formula is C29H28BrN7O4. The van der Waals surface area contributed by atoms with Gasteiger partial charge in [0, 0.05) is 29.4 Å². The van der Waals surface area contributed by atoms with E-state index in [0.717, 1.165) is 23.1 Å². The number of nitrogens with one attached hydrogen (secondary N) is 1. The zero-order chi connectivity index (χ0) is 29.1. The molecule has 12 heteroatoms. The van der Waals surface area contributed by atoms with Crippen LogP contribution in [0.5, 0.6) is 0 Å². The van der Waals surface area contributed by atoms with E-state index in [4.69, 9.17) is 0 Å². The Kier molecular flexibility index (Phi) is 6.69. The molecule has 1 saturated heterocycles. The number of aliphatic hydroxyl groups is 1. The summed E-state index contributed by atoms with van der Waals surface area (Å²) in [6.07, 6.45) is 4.77. The maximum absolute atomic E-state index is 13.8. The van der Waals surface area contributed by atoms with Crippen LogP contribution in [0.1, 0.15) is 41.6 Å². The van der Waals surface area contributed by atoms with Crippen LogP contribution in [0.3, 0.4) is 0 Å². The number of anilines is 1. The van der Waals surface area contributed by atoms with Crippen molar-refractivity contribution in [2.45, 2.75) is 52.2 Å². The predicted molar refractivity (Wildman–Crippen MR) is 154 cm³/mol. The van der Waals surface area contributed by atoms with Crippen LogP contribution in [0.15, 0.2) is 47.3 Å². The Bertz CT molecular complexity index is 1720. The molecule has 210 valence electrons. The van der Waals surface area contributed by atoms with Crippen molar-refractivity contribution in [3.63, 3.8) is 0 Å². The van der Waals surface area contributed by atoms with Gasteiger partial charge >= 0.3 is 0 Å². The number of amides is 2. The average molecular weight is 618 g/mol. The summed E-state index contributed by atoms with van der Waals surface area (Å²) in [5.74, 6) is -0.0160. The highest BCUT2D eigenvalue weighted by Crippen LogP contribution is 2.59. The Morgan fingerprint density at radius 1 is 1.10 bits per heavy atom. The number of ketones is 1. The van der Waals surface area contributed by atoms with Gasteiger partial charge in [-0.3, -0.25) is 19.1 Å². The van der Waals surface area contributed by atoms with Crippen LogP contribution in [-0.4, -0.2) is 71.0 Å². The molecule has 1 aliphatic carbocycles. The molecular weight excluding hydrogens is 590 g/mol. The van der Waals surface area contributed by atoms with Crippen molar-refractivity contribution in [2.75, 3.05) is 11.9 Å². The molecule has 6 rings (SSSR count). The van der Waals surface area contributed by atoms with Gasteiger partial charge in [-0.05, 0) is 77.4 Å². The number of aliphatic hydroxyl groups excluding tert-OH is 1. The molecule has 0 unspecified atom stereocenters. The lowest BCUT2D eigenvalue weighted by molar-refractivity contribution is -0.138. The fraction of sp³-hybridized carbons (Fsp3) is 0.345. The number of nitrogens with zero attached hydrogens (tertiary/aromatic N) is 6. The lowest BCUT2D eigenvalue weighted by Crippen LogP contribution is -2.47. The number of aromatic nitrogens is 5. The average Bonchev–Trinajstić information content (AvgIpc) is 3.32. The van der Waals surface area contributed by atoms with Gasteiger partial charge in [-0.2, -0.15) is 5.10 Å². The number of halogens is 1. The molecule has 2 fully saturated rings. The van der Waals surface area contributed by atoms with Crippen LogP contribution in [0, 0.1) is 19.3 Å². The number of rotatable bonds is 7. The molecule has 11 nitrogen and oxygen atoms in total. The first-order chi connectivity index (χ1) is 19.6. The monoisotopic (exact) mass is 617 g/mol. The van der Waals surface area contributed by atoms with Gasteiger partial charge in [-0.25, -0.2) is 15.0 Å². The number of hydrogen-bond acceptors (Lipinski definition) is 8. The highest BCUT2D eigenvalue weighted by atomic mass is 79.9. The van der Waals surface area contributed by atoms with E-state index >= 15 is 0 Å². The molecule has 0 bridgehead atoms. The largest absolute Gasteiger partial charge is 0.388 e. The fourth-order valence-corrected chi connectivity index (χ4v) is 6.01. The SMILES string of the molecule is Cc1ncc(-c2ccc3c(c2)c(C(=O)CO)nn3CC(=O)N2[C@H](C(=O)Nc3nc(Br)ccc3C)C[C@@]3(C)C[C@@H]23)cn1. The van der Waals surface area contributed by atoms with Crippen molar-refractivity contribution in [1.29, 1.82) is 0 Å². The Balaban J connectivity index is 1.30. The first-order valence-corrected chi connectivity index (χ1v) is 14.1. The number of likely N-dealkylation sites (tertiary alicyclic amines) is 1. The molecule has 4 heterocycles. The molecule has 1 aliphatic heterocycles. The Hall–Kier alpha value is -4.03. The molecule has 2 amide bonds. The molecule has 2 aliphatic rings. The van der Waals surface area contributed by atoms with Crippen molar-refractivity contribution in [2.24, 2.45) is 5.41 Å². The lowest BCUT2D eigenvalue weighted by Gasteiger charge is -2.27. The maximum Gasteiger partial charge on any atom is 0.248 e. The van der Waals surface area contributed by atoms with Gasteiger partial charge in [-0.1, -0.05) is 19.1 Å². The smallest absolute Gasteiger partial charge is 0.248 e. The van der Waals surface area contributed by atoms with E-state index in [1.165, 1.54) is 4.68 Å². The Morgan fingerprint density at radius 2 is 1.85 bits per heavy atom. The molecule has 0 radical (unpaired) electrons. The zero-order valence-corrected chi connectivity index (χ0v) is 24.3. The van der Waals surface area contributed by atoms with Crippen LogP contribution in [0.2, 0.25) is 0 Å². The second-order valence-corrected chi connectivity index (χ2v) is 11.8. The number of carbonyl (C=O) groups excluding carboxylic acids is 3. The zero-order valence-electron chi connectivity index (χ0n) is 22.8. The number of Topliss-reactive ketones (excluding diaryl/α,β-unsaturated/α-hetero) is 1. The normalized spacial score (nSPS) is 21.1. The third kappa shape index (κ3) is 4.91. The van der Waals surface area contributed by atoms with Gasteiger partial charge in [0.2, 0.25) is 17.6 Å². The summed E-state index contributed by atoms with van der Waals surface area (Å²) in [7, 11) is 0. The van der Waals surface area contributed by atoms with Crippen molar-refractivity contribution in [1.82, 2.24) is 29.6 Å². The molecule has 2 N–H and O–H groups in total. The van der Waals surface area contributed by atoms with Gasteiger partial charge in [0.25, 0.3) is 0 Å². The predicted octanol–water partition coefficient (Wildman–Crippen LogP) is 3.46. The van der Waals surface area contributed by atoms with Crippen LogP contribution in [0.4, 0.5) is 5.82 Å². The quantitative estimate of drug-likeness (QED) is 0.237. The van der Waals surface area contributed by atoms with Gasteiger partial charge in [-0.15, -0.1) is 0 Å². The van der Waals surface area contributed by atoms with Crippen molar-refractivity contribution in [3.8, 4) is 11.1 Å². The van der Waals surface area contributed by atoms with Crippen LogP contribution in [-0.2, 0) is 16.1 Å². The van der Waals surface area contributed by atoms with Gasteiger partial charge < -0.3 is 15.3 Å². The number of carbonyl (C=O) groups is 3. The highest BCUT2D eigenvalue weighted by molar-refractivity contribution is 9.10. The van der Waals surface area contributed by atoms with Crippen LogP contribution >= 0.6 is 15.9 Å². The minimum atomic E-state index is -0.713. The Labute approximate surface area is 244 Å². The van der Waals surface area contributed by atoms with Crippen molar-refractivity contribution < 1.29 is 19.5 Å². The minimum Gasteiger partial charge on any atom is -0.388 e. The molecule has 4 aromatic rings. The standard InChI is InChI=1S/C29H28BrN7O4/c1-15-4-7-24(30)33-27(15)34-28(41)21-9-29(3)10-23(29)37(21)25(40)13-36-20-6-5-17(18-11-31-16(2)32-12-18)8-19(20)26(35-36)22(39)14-38/h4-8,11-12,21,23,38H,9-10,13-14H2,1-3H3,(H,33,34,41)/t21-,23+,29-/m0/s1. The third-order valence-corrected chi connectivity index (χ3v) is 8.53. The number of hydrogen-bond donors (Lipinski definition) is 2. The molecule has 3 atom stereocenters. The second kappa shape index (κ2) is 10.1. The van der Waals surface area contributed by atoms with Crippen molar-refractivity contribution in [3.05, 3.63) is 64.4 Å². The number of aryl methyl sites for hydroxylation is 2. The van der Waals surface area contributed by atoms with Crippen LogP contribution in [0.25, 0.3) is 22.0 Å². The summed E-state index contributed by atoms with van der Waals surface area (Å²) in [6, 6.07) is 8.38. The van der Waals surface area contributed by atoms with Crippen LogP contribution < -0.4 is 5.32 Å². The summed E-state index contributed by atoms with van der Waals surface area (Å²) in [5, 5.41) is 17.5. The summed E-state index contributed by atoms with van der Waals surface area (Å²) < 4.78 is 2.08. The van der Waals surface area contributed by atoms with E-state index in [9.17, 15) is 19.5 Å². The number of benzene rings is 1. The van der Waals surface area contributed by atoms with Crippen molar-refractivity contribution >= 4 is 50.2 Å². The van der Waals surface area contributed by atoms with E-state index in [1.54, 1.807) is 42.4 Å². The maximum atomic E-state index is 13.8. The van der Waals surface area contributed by atoms with E-state index in [0.29, 0.717) is 33.6 Å². The van der Waals surface area contributed by atoms with E-state index < -0.39 is 18.4 Å². The van der Waals surface area contributed by atoms with E-state index in [-0.39, 0.29) is 35.5 Å².